The first-order valence-corrected chi connectivity index (χ1v) is 6.18. The Balaban J connectivity index is 2.07. The number of nitrogen functional groups attached to an aromatic ring is 1. The lowest BCUT2D eigenvalue weighted by Crippen LogP contribution is -1.99. The molecule has 0 aliphatic rings. The van der Waals surface area contributed by atoms with Crippen molar-refractivity contribution in [2.45, 2.75) is 6.92 Å². The summed E-state index contributed by atoms with van der Waals surface area (Å²) >= 11 is 0. The summed E-state index contributed by atoms with van der Waals surface area (Å²) in [5, 5.41) is 20.3. The van der Waals surface area contributed by atoms with Crippen LogP contribution in [-0.2, 0) is 0 Å². The lowest BCUT2D eigenvalue weighted by Gasteiger charge is -2.12. The highest BCUT2D eigenvalue weighted by Gasteiger charge is 2.08. The zero-order valence-electron chi connectivity index (χ0n) is 10.9. The number of nitrogens with zero attached hydrogens (tertiary/aromatic N) is 2. The third-order valence-corrected chi connectivity index (χ3v) is 3.26. The molecule has 0 fully saturated rings. The first kappa shape index (κ1) is 12.1. The second-order valence-corrected chi connectivity index (χ2v) is 4.63. The highest BCUT2D eigenvalue weighted by atomic mass is 15.1. The monoisotopic (exact) mass is 263 g/mol. The number of aromatic amines is 1. The molecule has 3 aromatic rings. The van der Waals surface area contributed by atoms with Crippen LogP contribution in [0.3, 0.4) is 0 Å². The van der Waals surface area contributed by atoms with Gasteiger partial charge in [-0.25, -0.2) is 0 Å². The number of H-pyrrole nitrogens is 1. The number of hydrogen-bond donors (Lipinski definition) is 3. The number of anilines is 3. The largest absolute Gasteiger partial charge is 0.397 e. The van der Waals surface area contributed by atoms with E-state index in [0.717, 1.165) is 27.8 Å². The molecule has 0 saturated heterocycles. The molecule has 0 amide bonds. The second kappa shape index (κ2) is 4.59. The molecule has 5 nitrogen and oxygen atoms in total. The van der Waals surface area contributed by atoms with Crippen molar-refractivity contribution in [3.8, 4) is 6.07 Å². The number of rotatable bonds is 2. The second-order valence-electron chi connectivity index (χ2n) is 4.63. The maximum atomic E-state index is 9.25. The van der Waals surface area contributed by atoms with Gasteiger partial charge in [-0.1, -0.05) is 12.1 Å². The number of hydrogen-bond acceptors (Lipinski definition) is 4. The quantitative estimate of drug-likeness (QED) is 0.620. The number of fused-ring (bicyclic) bond motifs is 1. The Morgan fingerprint density at radius 2 is 2.15 bits per heavy atom. The number of nitrogens with two attached hydrogens (primary N) is 1. The molecular formula is C15H13N5. The SMILES string of the molecule is Cc1cccc(Nc2cc3[nH]ncc3cc2N)c1C#N. The fourth-order valence-corrected chi connectivity index (χ4v) is 2.18. The first-order chi connectivity index (χ1) is 9.69. The number of aryl methyl sites for hydroxylation is 1. The van der Waals surface area contributed by atoms with Gasteiger partial charge in [0.25, 0.3) is 0 Å². The van der Waals surface area contributed by atoms with Crippen LogP contribution < -0.4 is 11.1 Å². The Bertz CT molecular complexity index is 826. The third kappa shape index (κ3) is 1.93. The number of aromatic nitrogens is 2. The summed E-state index contributed by atoms with van der Waals surface area (Å²) in [6, 6.07) is 11.6. The van der Waals surface area contributed by atoms with E-state index in [1.165, 1.54) is 0 Å². The Kier molecular flexibility index (Phi) is 2.77. The first-order valence-electron chi connectivity index (χ1n) is 6.18. The molecule has 0 spiro atoms. The summed E-state index contributed by atoms with van der Waals surface area (Å²) in [4.78, 5) is 0. The van der Waals surface area contributed by atoms with Crippen LogP contribution in [0.15, 0.2) is 36.5 Å². The Hall–Kier alpha value is -3.00. The summed E-state index contributed by atoms with van der Waals surface area (Å²) in [6.45, 7) is 1.91. The Morgan fingerprint density at radius 1 is 1.30 bits per heavy atom. The van der Waals surface area contributed by atoms with Gasteiger partial charge in [-0.15, -0.1) is 0 Å². The predicted molar refractivity (Wildman–Crippen MR) is 79.7 cm³/mol. The number of nitrogens with one attached hydrogen (secondary N) is 2. The molecule has 1 heterocycles. The van der Waals surface area contributed by atoms with E-state index >= 15 is 0 Å². The predicted octanol–water partition coefficient (Wildman–Crippen LogP) is 3.07. The van der Waals surface area contributed by atoms with Gasteiger partial charge in [0.15, 0.2) is 0 Å². The van der Waals surface area contributed by atoms with Crippen LogP contribution in [0.4, 0.5) is 17.1 Å². The van der Waals surface area contributed by atoms with Crippen LogP contribution >= 0.6 is 0 Å². The molecule has 0 unspecified atom stereocenters. The highest BCUT2D eigenvalue weighted by Crippen LogP contribution is 2.29. The van der Waals surface area contributed by atoms with Crippen LogP contribution in [0, 0.1) is 18.3 Å². The Morgan fingerprint density at radius 3 is 2.95 bits per heavy atom. The van der Waals surface area contributed by atoms with E-state index in [-0.39, 0.29) is 0 Å². The van der Waals surface area contributed by atoms with Crippen molar-refractivity contribution >= 4 is 28.0 Å². The summed E-state index contributed by atoms with van der Waals surface area (Å²) in [7, 11) is 0. The number of benzene rings is 2. The van der Waals surface area contributed by atoms with Gasteiger partial charge < -0.3 is 11.1 Å². The highest BCUT2D eigenvalue weighted by molar-refractivity contribution is 5.90. The van der Waals surface area contributed by atoms with Crippen LogP contribution in [0.1, 0.15) is 11.1 Å². The van der Waals surface area contributed by atoms with Crippen molar-refractivity contribution in [1.29, 1.82) is 5.26 Å². The van der Waals surface area contributed by atoms with E-state index in [1.54, 1.807) is 6.20 Å². The molecule has 0 aliphatic carbocycles. The summed E-state index contributed by atoms with van der Waals surface area (Å²) < 4.78 is 0. The average Bonchev–Trinajstić information content (AvgIpc) is 2.86. The van der Waals surface area contributed by atoms with Crippen LogP contribution in [0.2, 0.25) is 0 Å². The molecular weight excluding hydrogens is 250 g/mol. The zero-order valence-corrected chi connectivity index (χ0v) is 10.9. The minimum Gasteiger partial charge on any atom is -0.397 e. The number of nitriles is 1. The Labute approximate surface area is 116 Å². The van der Waals surface area contributed by atoms with Crippen LogP contribution in [0.25, 0.3) is 10.9 Å². The molecule has 0 aliphatic heterocycles. The van der Waals surface area contributed by atoms with E-state index in [2.05, 4.69) is 21.6 Å². The molecule has 20 heavy (non-hydrogen) atoms. The molecule has 98 valence electrons. The molecule has 0 radical (unpaired) electrons. The summed E-state index contributed by atoms with van der Waals surface area (Å²) in [5.41, 5.74) is 10.6. The molecule has 2 aromatic carbocycles. The van der Waals surface area contributed by atoms with Crippen molar-refractivity contribution in [2.75, 3.05) is 11.1 Å². The van der Waals surface area contributed by atoms with Crippen molar-refractivity contribution in [2.24, 2.45) is 0 Å². The van der Waals surface area contributed by atoms with E-state index in [4.69, 9.17) is 5.73 Å². The maximum Gasteiger partial charge on any atom is 0.102 e. The van der Waals surface area contributed by atoms with Crippen molar-refractivity contribution < 1.29 is 0 Å². The van der Waals surface area contributed by atoms with E-state index in [9.17, 15) is 5.26 Å². The van der Waals surface area contributed by atoms with Gasteiger partial charge in [-0.2, -0.15) is 10.4 Å². The van der Waals surface area contributed by atoms with Gasteiger partial charge in [0.2, 0.25) is 0 Å². The standard InChI is InChI=1S/C15H13N5/c1-9-3-2-4-13(11(9)7-16)19-15-6-14-10(5-12(15)17)8-18-20-14/h2-6,8,19H,17H2,1H3,(H,18,20). The van der Waals surface area contributed by atoms with Gasteiger partial charge in [0, 0.05) is 5.39 Å². The molecule has 0 atom stereocenters. The van der Waals surface area contributed by atoms with E-state index in [0.29, 0.717) is 11.3 Å². The van der Waals surface area contributed by atoms with Gasteiger partial charge >= 0.3 is 0 Å². The molecule has 1 aromatic heterocycles. The van der Waals surface area contributed by atoms with Gasteiger partial charge in [-0.05, 0) is 30.7 Å². The molecule has 4 N–H and O–H groups in total. The minimum absolute atomic E-state index is 0.615. The fourth-order valence-electron chi connectivity index (χ4n) is 2.18. The van der Waals surface area contributed by atoms with Crippen LogP contribution in [-0.4, -0.2) is 10.2 Å². The van der Waals surface area contributed by atoms with Crippen molar-refractivity contribution in [3.05, 3.63) is 47.7 Å². The van der Waals surface area contributed by atoms with Crippen LogP contribution in [0.5, 0.6) is 0 Å². The normalized spacial score (nSPS) is 10.4. The molecule has 3 rings (SSSR count). The topological polar surface area (TPSA) is 90.5 Å². The maximum absolute atomic E-state index is 9.25. The lowest BCUT2D eigenvalue weighted by atomic mass is 10.1. The zero-order chi connectivity index (χ0) is 14.1. The van der Waals surface area contributed by atoms with Crippen molar-refractivity contribution in [1.82, 2.24) is 10.2 Å². The molecule has 0 saturated carbocycles. The third-order valence-electron chi connectivity index (χ3n) is 3.26. The van der Waals surface area contributed by atoms with Gasteiger partial charge in [0.05, 0.1) is 34.3 Å². The minimum atomic E-state index is 0.615. The smallest absolute Gasteiger partial charge is 0.102 e. The van der Waals surface area contributed by atoms with E-state index in [1.807, 2.05) is 37.3 Å². The van der Waals surface area contributed by atoms with Gasteiger partial charge in [0.1, 0.15) is 6.07 Å². The fraction of sp³-hybridized carbons (Fsp3) is 0.0667. The molecule has 0 bridgehead atoms. The molecule has 5 heteroatoms. The summed E-state index contributed by atoms with van der Waals surface area (Å²) in [6.07, 6.45) is 1.73. The lowest BCUT2D eigenvalue weighted by molar-refractivity contribution is 1.12. The van der Waals surface area contributed by atoms with Gasteiger partial charge in [-0.3, -0.25) is 5.10 Å². The average molecular weight is 263 g/mol. The summed E-state index contributed by atoms with van der Waals surface area (Å²) in [5.74, 6) is 0. The van der Waals surface area contributed by atoms with Crippen molar-refractivity contribution in [3.63, 3.8) is 0 Å². The van der Waals surface area contributed by atoms with E-state index < -0.39 is 0 Å².